The van der Waals surface area contributed by atoms with Crippen LogP contribution in [0.3, 0.4) is 0 Å². The van der Waals surface area contributed by atoms with Crippen molar-refractivity contribution in [3.63, 3.8) is 0 Å². The van der Waals surface area contributed by atoms with Crippen molar-refractivity contribution in [2.45, 2.75) is 192 Å². The number of amides is 5. The highest BCUT2D eigenvalue weighted by Gasteiger charge is 2.64. The van der Waals surface area contributed by atoms with Crippen LogP contribution in [0, 0.1) is 23.7 Å². The molecule has 2 saturated heterocycles. The third kappa shape index (κ3) is 18.1. The van der Waals surface area contributed by atoms with Crippen molar-refractivity contribution in [3.8, 4) is 5.75 Å². The zero-order chi connectivity index (χ0) is 61.0. The summed E-state index contributed by atoms with van der Waals surface area (Å²) in [7, 11) is 4.48. The van der Waals surface area contributed by atoms with Gasteiger partial charge in [-0.25, -0.2) is 9.59 Å². The van der Waals surface area contributed by atoms with Crippen LogP contribution in [0.1, 0.15) is 143 Å². The number of methoxy groups -OCH3 is 2. The van der Waals surface area contributed by atoms with E-state index in [1.54, 1.807) is 69.4 Å². The first-order valence-electron chi connectivity index (χ1n) is 28.9. The lowest BCUT2D eigenvalue weighted by atomic mass is 9.78. The van der Waals surface area contributed by atoms with Gasteiger partial charge in [0.25, 0.3) is 0 Å². The minimum Gasteiger partial charge on any atom is -0.495 e. The van der Waals surface area contributed by atoms with E-state index in [1.807, 2.05) is 40.7 Å². The quantitative estimate of drug-likeness (QED) is 0.0301. The van der Waals surface area contributed by atoms with Gasteiger partial charge in [0, 0.05) is 63.9 Å². The SMILES string of the molecule is COc1cc2cc(c1Cl)N(C)C(=O)C[C@H](OC(=O)Nc1ccc(CC(=O)[C@H](CCCNC(N)=O)NC(=O)[C@@H](CC(=O)CCCCC(C)(C)OC(=O)C3CCC3)C(C)C)cc1)[C@]1(C)O[C@H]1[C@H](C)[C@@H]1C[C@@](O)(CC(=O)O1)[C@H](OC)/C=C/C=C(\C)C2. The molecule has 3 aliphatic heterocycles. The van der Waals surface area contributed by atoms with Crippen LogP contribution in [0.4, 0.5) is 21.0 Å². The summed E-state index contributed by atoms with van der Waals surface area (Å²) in [5.74, 6) is -3.31. The Balaban J connectivity index is 1.14. The molecule has 456 valence electrons. The minimum absolute atomic E-state index is 0.00883. The monoisotopic (exact) mass is 1180 g/mol. The van der Waals surface area contributed by atoms with E-state index in [0.29, 0.717) is 49.1 Å². The molecule has 21 heteroatoms. The van der Waals surface area contributed by atoms with Gasteiger partial charge in [0.15, 0.2) is 5.78 Å². The molecule has 83 heavy (non-hydrogen) atoms. The highest BCUT2D eigenvalue weighted by molar-refractivity contribution is 6.35. The van der Waals surface area contributed by atoms with Gasteiger partial charge in [0.2, 0.25) is 11.8 Å². The van der Waals surface area contributed by atoms with Gasteiger partial charge < -0.3 is 54.8 Å². The molecule has 5 amide bonds. The maximum Gasteiger partial charge on any atom is 0.412 e. The van der Waals surface area contributed by atoms with Gasteiger partial charge in [-0.3, -0.25) is 34.1 Å². The first kappa shape index (κ1) is 65.8. The van der Waals surface area contributed by atoms with Crippen LogP contribution >= 0.6 is 11.6 Å². The number of unbranched alkanes of at least 4 members (excludes halogenated alkanes) is 1. The van der Waals surface area contributed by atoms with Gasteiger partial charge in [-0.15, -0.1) is 0 Å². The smallest absolute Gasteiger partial charge is 0.412 e. The number of ketones is 2. The number of benzene rings is 2. The second-order valence-corrected chi connectivity index (χ2v) is 24.5. The van der Waals surface area contributed by atoms with Crippen LogP contribution in [-0.4, -0.2) is 128 Å². The fourth-order valence-electron chi connectivity index (χ4n) is 11.2. The summed E-state index contributed by atoms with van der Waals surface area (Å²) in [4.78, 5) is 108. The Morgan fingerprint density at radius 1 is 1.02 bits per heavy atom. The van der Waals surface area contributed by atoms with Gasteiger partial charge >= 0.3 is 24.1 Å². The van der Waals surface area contributed by atoms with E-state index in [0.717, 1.165) is 30.4 Å². The molecule has 20 nitrogen and oxygen atoms in total. The number of Topliss-reactive ketones (excluding diaryl/α,β-unsaturated/α-hetero) is 2. The number of urea groups is 1. The first-order valence-corrected chi connectivity index (χ1v) is 29.3. The fraction of sp³-hybridized carbons (Fsp3) is 0.613. The number of hydrogen-bond acceptors (Lipinski definition) is 15. The van der Waals surface area contributed by atoms with E-state index in [4.69, 9.17) is 45.8 Å². The molecule has 3 heterocycles. The Morgan fingerprint density at radius 2 is 1.73 bits per heavy atom. The molecule has 0 unspecified atom stereocenters. The maximum absolute atomic E-state index is 14.4. The molecular formula is C62H86ClN5O15. The molecule has 9 atom stereocenters. The number of carbonyl (C=O) groups excluding carboxylic acids is 8. The maximum atomic E-state index is 14.4. The second-order valence-electron chi connectivity index (χ2n) is 24.1. The number of hydrogen-bond donors (Lipinski definition) is 5. The fourth-order valence-corrected chi connectivity index (χ4v) is 11.5. The standard InChI is InChI=1S/C62H86ClN5O15/c1-36(2)44(32-43(69)19-11-12-26-60(5,6)83-57(74)41-17-14-18-41)56(73)67-45(20-15-27-65-58(64)75)47(70)30-39-22-24-42(25-23-39)66-59(76)81-51-33-52(71)68(8)46-29-40(31-48(78-9)54(46)63)28-37(3)16-13-21-50(79-10)62(77)34-49(80-53(72)35-62)38(4)55-61(51,7)82-55/h13,16,21-25,29,31,36,38,41,44-45,49-51,55,77H,11-12,14-15,17-20,26-28,30,32-35H2,1-10H3,(H,66,76)(H,67,73)(H3,64,65,75)/b21-13+,37-16+/t38-,44+,45+,49+,50-,51+,55+,61+,62-/m1/s1. The number of carbonyl (C=O) groups is 8. The Kier molecular flexibility index (Phi) is 23.0. The van der Waals surface area contributed by atoms with E-state index in [2.05, 4.69) is 16.0 Å². The molecule has 6 N–H and O–H groups in total. The number of halogens is 1. The Bertz CT molecular complexity index is 2740. The molecule has 0 radical (unpaired) electrons. The summed E-state index contributed by atoms with van der Waals surface area (Å²) in [6.45, 7) is 13.0. The summed E-state index contributed by atoms with van der Waals surface area (Å²) in [6, 6.07) is 8.27. The average molecular weight is 1180 g/mol. The number of primary amides is 1. The number of epoxide rings is 1. The number of ether oxygens (including phenoxy) is 6. The number of nitrogens with zero attached hydrogens (tertiary/aromatic N) is 1. The molecule has 3 fully saturated rings. The molecule has 2 aromatic carbocycles. The van der Waals surface area contributed by atoms with Crippen molar-refractivity contribution < 1.29 is 71.9 Å². The van der Waals surface area contributed by atoms with Crippen LogP contribution in [0.5, 0.6) is 5.75 Å². The van der Waals surface area contributed by atoms with Crippen molar-refractivity contribution in [1.29, 1.82) is 0 Å². The van der Waals surface area contributed by atoms with Crippen molar-refractivity contribution in [2.24, 2.45) is 29.4 Å². The predicted octanol–water partition coefficient (Wildman–Crippen LogP) is 8.58. The van der Waals surface area contributed by atoms with Gasteiger partial charge in [-0.05, 0) is 120 Å². The Hall–Kier alpha value is -6.35. The average Bonchev–Trinajstić information content (AvgIpc) is 2.23. The van der Waals surface area contributed by atoms with E-state index >= 15 is 0 Å². The molecule has 1 saturated carbocycles. The lowest BCUT2D eigenvalue weighted by Gasteiger charge is -2.41. The van der Waals surface area contributed by atoms with Crippen LogP contribution in [-0.2, 0) is 65.3 Å². The van der Waals surface area contributed by atoms with Crippen LogP contribution in [0.25, 0.3) is 0 Å². The van der Waals surface area contributed by atoms with Crippen LogP contribution in [0.15, 0.2) is 60.2 Å². The summed E-state index contributed by atoms with van der Waals surface area (Å²) in [6.07, 6.45) is 5.67. The summed E-state index contributed by atoms with van der Waals surface area (Å²) in [5.41, 5.74) is 4.60. The van der Waals surface area contributed by atoms with Gasteiger partial charge in [-0.2, -0.15) is 0 Å². The number of allylic oxidation sites excluding steroid dienone is 3. The third-order valence-corrected chi connectivity index (χ3v) is 17.0. The topological polar surface area (TPSA) is 281 Å². The lowest BCUT2D eigenvalue weighted by molar-refractivity contribution is -0.187. The normalized spacial score (nSPS) is 25.7. The van der Waals surface area contributed by atoms with E-state index < -0.39 is 89.0 Å². The summed E-state index contributed by atoms with van der Waals surface area (Å²) >= 11 is 6.85. The summed E-state index contributed by atoms with van der Waals surface area (Å²) in [5, 5.41) is 20.3. The number of anilines is 2. The second kappa shape index (κ2) is 29.0. The van der Waals surface area contributed by atoms with Crippen molar-refractivity contribution in [3.05, 3.63) is 76.3 Å². The lowest BCUT2D eigenvalue weighted by Crippen LogP contribution is -2.53. The number of nitrogens with two attached hydrogens (primary N) is 1. The molecular weight excluding hydrogens is 1090 g/mol. The first-order chi connectivity index (χ1) is 39.1. The Morgan fingerprint density at radius 3 is 2.37 bits per heavy atom. The largest absolute Gasteiger partial charge is 0.495 e. The van der Waals surface area contributed by atoms with E-state index in [-0.39, 0.29) is 91.6 Å². The number of aliphatic hydroxyl groups is 1. The number of rotatable bonds is 23. The molecule has 2 aromatic rings. The van der Waals surface area contributed by atoms with E-state index in [9.17, 15) is 43.5 Å². The molecule has 1 aliphatic carbocycles. The summed E-state index contributed by atoms with van der Waals surface area (Å²) < 4.78 is 35.4. The molecule has 4 aliphatic rings. The molecule has 6 rings (SSSR count). The van der Waals surface area contributed by atoms with Crippen LogP contribution in [0.2, 0.25) is 5.02 Å². The molecule has 4 bridgehead atoms. The highest BCUT2D eigenvalue weighted by atomic mass is 35.5. The van der Waals surface area contributed by atoms with Gasteiger partial charge in [0.1, 0.15) is 51.7 Å². The number of esters is 2. The molecule has 0 aromatic heterocycles. The third-order valence-electron chi connectivity index (χ3n) is 16.6. The van der Waals surface area contributed by atoms with E-state index in [1.165, 1.54) is 19.1 Å². The van der Waals surface area contributed by atoms with Gasteiger partial charge in [-0.1, -0.05) is 74.7 Å². The Labute approximate surface area is 492 Å². The van der Waals surface area contributed by atoms with Crippen molar-refractivity contribution in [2.75, 3.05) is 38.0 Å². The zero-order valence-corrected chi connectivity index (χ0v) is 50.5. The molecule has 0 spiro atoms. The van der Waals surface area contributed by atoms with Crippen molar-refractivity contribution in [1.82, 2.24) is 10.6 Å². The van der Waals surface area contributed by atoms with Crippen molar-refractivity contribution >= 4 is 70.4 Å². The predicted molar refractivity (Wildman–Crippen MR) is 312 cm³/mol. The number of fused-ring (bicyclic) bond motifs is 5. The van der Waals surface area contributed by atoms with Gasteiger partial charge in [0.05, 0.1) is 43.7 Å². The van der Waals surface area contributed by atoms with Crippen LogP contribution < -0.4 is 31.3 Å². The zero-order valence-electron chi connectivity index (χ0n) is 49.8. The minimum atomic E-state index is -1.64. The highest BCUT2D eigenvalue weighted by Crippen LogP contribution is 2.50. The number of nitrogens with one attached hydrogen (secondary N) is 3.